The molecular formula is C25H35NOS. The fraction of sp³-hybridized carbons (Fsp3) is 0.720. The molecule has 28 heavy (non-hydrogen) atoms. The first-order chi connectivity index (χ1) is 13.4. The van der Waals surface area contributed by atoms with E-state index in [1.54, 1.807) is 4.88 Å². The minimum absolute atomic E-state index is 0.116. The molecule has 0 saturated heterocycles. The van der Waals surface area contributed by atoms with E-state index in [2.05, 4.69) is 49.7 Å². The van der Waals surface area contributed by atoms with Crippen LogP contribution in [-0.2, 0) is 4.79 Å². The number of carbonyl (C=O) groups is 1. The predicted octanol–water partition coefficient (Wildman–Crippen LogP) is 6.16. The Morgan fingerprint density at radius 3 is 2.82 bits per heavy atom. The number of amides is 1. The number of thiophene rings is 1. The van der Waals surface area contributed by atoms with Crippen LogP contribution in [0.15, 0.2) is 29.7 Å². The molecule has 0 aromatic carbocycles. The van der Waals surface area contributed by atoms with Gasteiger partial charge in [0.05, 0.1) is 0 Å². The van der Waals surface area contributed by atoms with Crippen LogP contribution in [0.5, 0.6) is 0 Å². The third kappa shape index (κ3) is 2.75. The van der Waals surface area contributed by atoms with Gasteiger partial charge in [-0.3, -0.25) is 4.79 Å². The van der Waals surface area contributed by atoms with E-state index in [1.807, 2.05) is 17.4 Å². The van der Waals surface area contributed by atoms with Gasteiger partial charge in [0.15, 0.2) is 0 Å². The first-order valence-corrected chi connectivity index (χ1v) is 12.3. The van der Waals surface area contributed by atoms with Gasteiger partial charge in [-0.1, -0.05) is 32.9 Å². The van der Waals surface area contributed by atoms with Crippen molar-refractivity contribution in [2.24, 2.45) is 34.5 Å². The minimum Gasteiger partial charge on any atom is -0.349 e. The fourth-order valence-corrected chi connectivity index (χ4v) is 8.74. The summed E-state index contributed by atoms with van der Waals surface area (Å²) < 4.78 is 0. The van der Waals surface area contributed by atoms with Gasteiger partial charge in [0.2, 0.25) is 5.91 Å². The molecule has 1 aromatic heterocycles. The predicted molar refractivity (Wildman–Crippen MR) is 116 cm³/mol. The van der Waals surface area contributed by atoms with E-state index in [-0.39, 0.29) is 11.3 Å². The summed E-state index contributed by atoms with van der Waals surface area (Å²) in [5, 5.41) is 5.51. The van der Waals surface area contributed by atoms with Crippen molar-refractivity contribution in [2.45, 2.75) is 77.7 Å². The van der Waals surface area contributed by atoms with Crippen LogP contribution >= 0.6 is 11.3 Å². The molecule has 5 rings (SSSR count). The maximum atomic E-state index is 11.9. The van der Waals surface area contributed by atoms with E-state index < -0.39 is 0 Å². The largest absolute Gasteiger partial charge is 0.349 e. The Kier molecular flexibility index (Phi) is 4.54. The monoisotopic (exact) mass is 397 g/mol. The Balaban J connectivity index is 1.37. The average molecular weight is 398 g/mol. The van der Waals surface area contributed by atoms with Crippen molar-refractivity contribution in [3.8, 4) is 0 Å². The highest BCUT2D eigenvalue weighted by atomic mass is 32.1. The molecule has 4 aliphatic rings. The van der Waals surface area contributed by atoms with E-state index in [4.69, 9.17) is 0 Å². The number of nitrogens with one attached hydrogen (secondary N) is 1. The number of rotatable bonds is 3. The van der Waals surface area contributed by atoms with Crippen molar-refractivity contribution in [1.29, 1.82) is 0 Å². The lowest BCUT2D eigenvalue weighted by atomic mass is 9.47. The first kappa shape index (κ1) is 18.9. The van der Waals surface area contributed by atoms with Crippen molar-refractivity contribution in [1.82, 2.24) is 5.32 Å². The zero-order valence-corrected chi connectivity index (χ0v) is 18.4. The summed E-state index contributed by atoms with van der Waals surface area (Å²) in [4.78, 5) is 13.5. The SMILES string of the molecule is CC(C[C@H]1CC[C@H]2[C@@H]3CCC4NC(=O)C=C[C@]4(C)[C@H]3CC[C@]12C)c1cccs1. The molecule has 3 fully saturated rings. The van der Waals surface area contributed by atoms with Gasteiger partial charge in [-0.25, -0.2) is 0 Å². The third-order valence-corrected chi connectivity index (χ3v) is 10.7. The van der Waals surface area contributed by atoms with Crippen molar-refractivity contribution in [3.05, 3.63) is 34.5 Å². The lowest BCUT2D eigenvalue weighted by molar-refractivity contribution is -0.122. The second-order valence-corrected chi connectivity index (χ2v) is 11.7. The molecule has 0 radical (unpaired) electrons. The van der Waals surface area contributed by atoms with E-state index in [0.29, 0.717) is 17.4 Å². The molecule has 1 aliphatic heterocycles. The van der Waals surface area contributed by atoms with Crippen molar-refractivity contribution < 1.29 is 4.79 Å². The second-order valence-electron chi connectivity index (χ2n) is 10.7. The molecule has 2 nitrogen and oxygen atoms in total. The summed E-state index contributed by atoms with van der Waals surface area (Å²) in [5.41, 5.74) is 0.692. The molecule has 2 heterocycles. The smallest absolute Gasteiger partial charge is 0.243 e. The Labute approximate surface area is 174 Å². The third-order valence-electron chi connectivity index (χ3n) is 9.55. The maximum absolute atomic E-state index is 11.9. The lowest BCUT2D eigenvalue weighted by Crippen LogP contribution is -2.59. The van der Waals surface area contributed by atoms with Gasteiger partial charge < -0.3 is 5.32 Å². The van der Waals surface area contributed by atoms with Crippen molar-refractivity contribution in [2.75, 3.05) is 0 Å². The summed E-state index contributed by atoms with van der Waals surface area (Å²) in [6, 6.07) is 4.88. The number of hydrogen-bond acceptors (Lipinski definition) is 2. The standard InChI is InChI=1S/C25H35NOS/c1-16(21-5-4-14-28-21)15-17-6-8-19-18-7-9-22-25(3,13-11-23(27)26-22)20(18)10-12-24(17,19)2/h4-5,11,13-14,16-20,22H,6-10,12,15H2,1-3H3,(H,26,27)/t16?,17-,18+,19+,20+,22?,24-,25-/m1/s1. The zero-order valence-electron chi connectivity index (χ0n) is 17.6. The molecule has 8 atom stereocenters. The summed E-state index contributed by atoms with van der Waals surface area (Å²) in [6.45, 7) is 7.51. The van der Waals surface area contributed by atoms with Crippen LogP contribution in [0.25, 0.3) is 0 Å². The van der Waals surface area contributed by atoms with E-state index in [9.17, 15) is 4.79 Å². The molecule has 1 N–H and O–H groups in total. The molecule has 3 heteroatoms. The van der Waals surface area contributed by atoms with E-state index >= 15 is 0 Å². The molecule has 0 bridgehead atoms. The summed E-state index contributed by atoms with van der Waals surface area (Å²) in [7, 11) is 0. The minimum atomic E-state index is 0.116. The quantitative estimate of drug-likeness (QED) is 0.650. The normalized spacial score (nSPS) is 45.7. The zero-order chi connectivity index (χ0) is 19.5. The van der Waals surface area contributed by atoms with Crippen molar-refractivity contribution >= 4 is 17.2 Å². The van der Waals surface area contributed by atoms with Gasteiger partial charge >= 0.3 is 0 Å². The molecule has 2 unspecified atom stereocenters. The molecule has 0 spiro atoms. The second kappa shape index (κ2) is 6.72. The van der Waals surface area contributed by atoms with Gasteiger partial charge in [-0.2, -0.15) is 0 Å². The van der Waals surface area contributed by atoms with Crippen LogP contribution in [0.4, 0.5) is 0 Å². The van der Waals surface area contributed by atoms with Gasteiger partial charge in [0, 0.05) is 16.3 Å². The Hall–Kier alpha value is -1.09. The molecular weight excluding hydrogens is 362 g/mol. The Morgan fingerprint density at radius 2 is 2.04 bits per heavy atom. The van der Waals surface area contributed by atoms with Gasteiger partial charge in [0.1, 0.15) is 0 Å². The van der Waals surface area contributed by atoms with Crippen LogP contribution in [0.2, 0.25) is 0 Å². The van der Waals surface area contributed by atoms with Crippen molar-refractivity contribution in [3.63, 3.8) is 0 Å². The molecule has 152 valence electrons. The van der Waals surface area contributed by atoms with Crippen LogP contribution in [0, 0.1) is 34.5 Å². The molecule has 1 aromatic rings. The summed E-state index contributed by atoms with van der Waals surface area (Å²) in [6.07, 6.45) is 13.5. The van der Waals surface area contributed by atoms with E-state index in [1.165, 1.54) is 38.5 Å². The van der Waals surface area contributed by atoms with Crippen LogP contribution in [0.1, 0.15) is 76.5 Å². The molecule has 3 saturated carbocycles. The number of carbonyl (C=O) groups excluding carboxylic acids is 1. The van der Waals surface area contributed by atoms with Gasteiger partial charge in [0.25, 0.3) is 0 Å². The highest BCUT2D eigenvalue weighted by Gasteiger charge is 2.59. The van der Waals surface area contributed by atoms with E-state index in [0.717, 1.165) is 30.1 Å². The number of hydrogen-bond donors (Lipinski definition) is 1. The highest BCUT2D eigenvalue weighted by Crippen LogP contribution is 2.66. The van der Waals surface area contributed by atoms with Crippen LogP contribution < -0.4 is 5.32 Å². The van der Waals surface area contributed by atoms with Crippen LogP contribution in [0.3, 0.4) is 0 Å². The average Bonchev–Trinajstić information content (AvgIpc) is 3.31. The molecule has 3 aliphatic carbocycles. The Morgan fingerprint density at radius 1 is 1.18 bits per heavy atom. The lowest BCUT2D eigenvalue weighted by Gasteiger charge is -2.59. The topological polar surface area (TPSA) is 29.1 Å². The summed E-state index contributed by atoms with van der Waals surface area (Å²) in [5.74, 6) is 4.17. The summed E-state index contributed by atoms with van der Waals surface area (Å²) >= 11 is 1.93. The molecule has 1 amide bonds. The van der Waals surface area contributed by atoms with Gasteiger partial charge in [-0.05, 0) is 97.5 Å². The number of fused-ring (bicyclic) bond motifs is 5. The highest BCUT2D eigenvalue weighted by molar-refractivity contribution is 7.10. The van der Waals surface area contributed by atoms with Gasteiger partial charge in [-0.15, -0.1) is 11.3 Å². The van der Waals surface area contributed by atoms with Crippen LogP contribution in [-0.4, -0.2) is 11.9 Å². The first-order valence-electron chi connectivity index (χ1n) is 11.4. The Bertz CT molecular complexity index is 770. The fourth-order valence-electron chi connectivity index (χ4n) is 7.94. The maximum Gasteiger partial charge on any atom is 0.243 e.